The van der Waals surface area contributed by atoms with E-state index < -0.39 is 15.7 Å². The molecule has 2 aromatic carbocycles. The molecule has 0 aliphatic carbocycles. The van der Waals surface area contributed by atoms with Crippen LogP contribution in [-0.2, 0) is 22.9 Å². The maximum atomic E-state index is 11.8. The summed E-state index contributed by atoms with van der Waals surface area (Å²) in [6.07, 6.45) is 2.81. The van der Waals surface area contributed by atoms with Crippen molar-refractivity contribution < 1.29 is 17.9 Å². The Hall–Kier alpha value is -3.77. The second-order valence-electron chi connectivity index (χ2n) is 6.56. The van der Waals surface area contributed by atoms with Crippen LogP contribution in [0.2, 0.25) is 0 Å². The van der Waals surface area contributed by atoms with E-state index in [1.165, 1.54) is 6.20 Å². The van der Waals surface area contributed by atoms with Gasteiger partial charge in [-0.2, -0.15) is 4.98 Å². The van der Waals surface area contributed by atoms with Crippen molar-refractivity contribution in [1.82, 2.24) is 9.97 Å². The molecule has 0 fully saturated rings. The Balaban J connectivity index is 1.87. The second-order valence-corrected chi connectivity index (χ2v) is 8.47. The zero-order valence-electron chi connectivity index (χ0n) is 16.1. The monoisotopic (exact) mass is 422 g/mol. The van der Waals surface area contributed by atoms with Crippen molar-refractivity contribution >= 4 is 21.4 Å². The topological polar surface area (TPSA) is 117 Å². The van der Waals surface area contributed by atoms with Gasteiger partial charge in [-0.3, -0.25) is 4.79 Å². The van der Waals surface area contributed by atoms with Crippen LogP contribution in [0.15, 0.2) is 59.9 Å². The molecule has 152 valence electrons. The molecule has 0 saturated heterocycles. The summed E-state index contributed by atoms with van der Waals surface area (Å²) >= 11 is 0. The van der Waals surface area contributed by atoms with Gasteiger partial charge in [0.2, 0.25) is 26.8 Å². The molecule has 0 saturated carbocycles. The Morgan fingerprint density at radius 3 is 2.30 bits per heavy atom. The first-order valence-electron chi connectivity index (χ1n) is 8.80. The average molecular weight is 422 g/mol. The maximum absolute atomic E-state index is 11.8. The molecular weight excluding hydrogens is 404 g/mol. The van der Waals surface area contributed by atoms with Crippen LogP contribution in [0.5, 0.6) is 5.88 Å². The maximum Gasteiger partial charge on any atom is 0.250 e. The number of nitrogens with two attached hydrogens (primary N) is 1. The molecule has 0 aliphatic heterocycles. The Kier molecular flexibility index (Phi) is 6.09. The van der Waals surface area contributed by atoms with Crippen molar-refractivity contribution in [2.75, 3.05) is 6.26 Å². The first-order valence-corrected chi connectivity index (χ1v) is 10.7. The molecule has 1 aromatic heterocycles. The van der Waals surface area contributed by atoms with E-state index >= 15 is 0 Å². The summed E-state index contributed by atoms with van der Waals surface area (Å²) in [6.45, 7) is 7.14. The molecular formula is C21H18N4O4S. The summed E-state index contributed by atoms with van der Waals surface area (Å²) in [6, 6.07) is 13.6. The van der Waals surface area contributed by atoms with Crippen LogP contribution < -0.4 is 10.5 Å². The van der Waals surface area contributed by atoms with Crippen molar-refractivity contribution in [1.29, 1.82) is 0 Å². The summed E-state index contributed by atoms with van der Waals surface area (Å²) in [4.78, 5) is 22.6. The molecule has 0 unspecified atom stereocenters. The van der Waals surface area contributed by atoms with Crippen molar-refractivity contribution in [2.24, 2.45) is 5.73 Å². The molecule has 3 aromatic rings. The van der Waals surface area contributed by atoms with Gasteiger partial charge in [-0.25, -0.2) is 18.2 Å². The lowest BCUT2D eigenvalue weighted by atomic mass is 10.1. The third kappa shape index (κ3) is 5.18. The van der Waals surface area contributed by atoms with Crippen LogP contribution in [0.4, 0.5) is 5.69 Å². The minimum absolute atomic E-state index is 0.145. The second kappa shape index (κ2) is 8.71. The quantitative estimate of drug-likeness (QED) is 0.462. The number of carbonyl (C=O) groups is 1. The fourth-order valence-corrected chi connectivity index (χ4v) is 3.12. The SMILES string of the molecule is [C-]#[N+]c1ccc(COc2nc(S(C)(=O)=O)ncc2Cc2ccc(C(N)=O)cc2)cc1. The number of amides is 1. The molecule has 0 bridgehead atoms. The zero-order valence-corrected chi connectivity index (χ0v) is 16.9. The lowest BCUT2D eigenvalue weighted by Gasteiger charge is -2.12. The van der Waals surface area contributed by atoms with Crippen molar-refractivity contribution in [3.8, 4) is 5.88 Å². The Morgan fingerprint density at radius 2 is 1.73 bits per heavy atom. The van der Waals surface area contributed by atoms with E-state index in [0.717, 1.165) is 17.4 Å². The zero-order chi connectivity index (χ0) is 21.7. The van der Waals surface area contributed by atoms with Gasteiger partial charge in [0.05, 0.1) is 6.57 Å². The van der Waals surface area contributed by atoms with Crippen molar-refractivity contribution in [2.45, 2.75) is 18.2 Å². The minimum Gasteiger partial charge on any atom is -0.472 e. The molecule has 30 heavy (non-hydrogen) atoms. The van der Waals surface area contributed by atoms with Gasteiger partial charge >= 0.3 is 0 Å². The summed E-state index contributed by atoms with van der Waals surface area (Å²) in [7, 11) is -3.61. The average Bonchev–Trinajstić information content (AvgIpc) is 2.73. The smallest absolute Gasteiger partial charge is 0.250 e. The first-order chi connectivity index (χ1) is 14.3. The van der Waals surface area contributed by atoms with Crippen LogP contribution in [0.3, 0.4) is 0 Å². The highest BCUT2D eigenvalue weighted by Gasteiger charge is 2.16. The fourth-order valence-electron chi connectivity index (χ4n) is 2.63. The van der Waals surface area contributed by atoms with Gasteiger partial charge in [0.15, 0.2) is 5.69 Å². The molecule has 2 N–H and O–H groups in total. The molecule has 0 radical (unpaired) electrons. The Labute approximate surface area is 174 Å². The van der Waals surface area contributed by atoms with E-state index in [-0.39, 0.29) is 17.6 Å². The number of hydrogen-bond acceptors (Lipinski definition) is 6. The van der Waals surface area contributed by atoms with Gasteiger partial charge in [-0.1, -0.05) is 36.4 Å². The van der Waals surface area contributed by atoms with Crippen molar-refractivity contribution in [3.05, 3.63) is 88.4 Å². The fraction of sp³-hybridized carbons (Fsp3) is 0.143. The normalized spacial score (nSPS) is 10.9. The van der Waals surface area contributed by atoms with Gasteiger partial charge in [0, 0.05) is 30.0 Å². The summed E-state index contributed by atoms with van der Waals surface area (Å²) in [5, 5.41) is -0.325. The molecule has 1 amide bonds. The van der Waals surface area contributed by atoms with Crippen LogP contribution in [0.1, 0.15) is 27.0 Å². The van der Waals surface area contributed by atoms with E-state index in [1.807, 2.05) is 0 Å². The van der Waals surface area contributed by atoms with E-state index in [1.54, 1.807) is 48.5 Å². The Morgan fingerprint density at radius 1 is 1.10 bits per heavy atom. The summed E-state index contributed by atoms with van der Waals surface area (Å²) in [5.41, 5.74) is 8.41. The van der Waals surface area contributed by atoms with E-state index in [2.05, 4.69) is 14.8 Å². The molecule has 1 heterocycles. The molecule has 0 aliphatic rings. The van der Waals surface area contributed by atoms with Crippen LogP contribution in [0.25, 0.3) is 4.85 Å². The number of sulfone groups is 1. The summed E-state index contributed by atoms with van der Waals surface area (Å²) < 4.78 is 29.5. The predicted octanol–water partition coefficient (Wildman–Crippen LogP) is 2.70. The van der Waals surface area contributed by atoms with Gasteiger partial charge in [-0.15, -0.1) is 0 Å². The molecule has 0 spiro atoms. The number of ether oxygens (including phenoxy) is 1. The number of hydrogen-bond donors (Lipinski definition) is 1. The van der Waals surface area contributed by atoms with Gasteiger partial charge in [0.25, 0.3) is 0 Å². The third-order valence-electron chi connectivity index (χ3n) is 4.21. The number of carbonyl (C=O) groups excluding carboxylic acids is 1. The van der Waals surface area contributed by atoms with E-state index in [0.29, 0.717) is 23.2 Å². The predicted molar refractivity (Wildman–Crippen MR) is 110 cm³/mol. The van der Waals surface area contributed by atoms with Gasteiger partial charge in [-0.05, 0) is 23.3 Å². The highest BCUT2D eigenvalue weighted by atomic mass is 32.2. The van der Waals surface area contributed by atoms with Crippen LogP contribution >= 0.6 is 0 Å². The molecule has 8 nitrogen and oxygen atoms in total. The third-order valence-corrected chi connectivity index (χ3v) is 5.07. The number of benzene rings is 2. The van der Waals surface area contributed by atoms with Crippen LogP contribution in [-0.4, -0.2) is 30.5 Å². The standard InChI is InChI=1S/C21H18N4O4S/c1-23-18-9-5-15(6-10-18)13-29-20-17(12-24-21(25-20)30(2,27)28)11-14-3-7-16(8-4-14)19(22)26/h3-10,12H,11,13H2,2H3,(H2,22,26). The summed E-state index contributed by atoms with van der Waals surface area (Å²) in [5.74, 6) is -0.366. The molecule has 3 rings (SSSR count). The Bertz CT molecular complexity index is 1220. The largest absolute Gasteiger partial charge is 0.472 e. The van der Waals surface area contributed by atoms with Crippen molar-refractivity contribution in [3.63, 3.8) is 0 Å². The molecule has 9 heteroatoms. The highest BCUT2D eigenvalue weighted by molar-refractivity contribution is 7.90. The van der Waals surface area contributed by atoms with Gasteiger partial charge in [0.1, 0.15) is 6.61 Å². The molecule has 0 atom stereocenters. The van der Waals surface area contributed by atoms with Crippen LogP contribution in [0, 0.1) is 6.57 Å². The number of primary amides is 1. The van der Waals surface area contributed by atoms with E-state index in [4.69, 9.17) is 17.0 Å². The first kappa shape index (κ1) is 21.0. The highest BCUT2D eigenvalue weighted by Crippen LogP contribution is 2.22. The minimum atomic E-state index is -3.61. The van der Waals surface area contributed by atoms with E-state index in [9.17, 15) is 13.2 Å². The number of aromatic nitrogens is 2. The number of nitrogens with zero attached hydrogens (tertiary/aromatic N) is 3. The lowest BCUT2D eigenvalue weighted by Crippen LogP contribution is -2.11. The lowest BCUT2D eigenvalue weighted by molar-refractivity contribution is 0.1000. The van der Waals surface area contributed by atoms with Gasteiger partial charge < -0.3 is 10.5 Å². The number of rotatable bonds is 7.